The van der Waals surface area contributed by atoms with Crippen LogP contribution >= 0.6 is 0 Å². The maximum atomic E-state index is 13.5. The number of ether oxygens (including phenoxy) is 11. The third-order valence-electron chi connectivity index (χ3n) is 11.8. The number of methoxy groups -OCH3 is 1. The summed E-state index contributed by atoms with van der Waals surface area (Å²) in [4.78, 5) is 91.2. The highest BCUT2D eigenvalue weighted by atomic mass is 16.7. The molecule has 2 fully saturated rings. The predicted molar refractivity (Wildman–Crippen MR) is 234 cm³/mol. The predicted octanol–water partition coefficient (Wildman–Crippen LogP) is 4.48. The van der Waals surface area contributed by atoms with Crippen LogP contribution in [0.25, 0.3) is 0 Å². The van der Waals surface area contributed by atoms with E-state index < -0.39 is 139 Å². The first kappa shape index (κ1) is 56.1. The summed E-state index contributed by atoms with van der Waals surface area (Å²) in [6.07, 6.45) is -4.77. The highest BCUT2D eigenvalue weighted by Crippen LogP contribution is 2.40. The van der Waals surface area contributed by atoms with Crippen LogP contribution in [0.2, 0.25) is 0 Å². The zero-order valence-electron chi connectivity index (χ0n) is 40.8. The summed E-state index contributed by atoms with van der Waals surface area (Å²) >= 11 is 0. The molecule has 2 saturated heterocycles. The van der Waals surface area contributed by atoms with E-state index in [1.807, 2.05) is 6.92 Å². The van der Waals surface area contributed by atoms with Gasteiger partial charge in [-0.25, -0.2) is 0 Å². The van der Waals surface area contributed by atoms with Gasteiger partial charge in [-0.1, -0.05) is 39.0 Å². The number of hydrogen-bond donors (Lipinski definition) is 0. The van der Waals surface area contributed by atoms with Crippen molar-refractivity contribution < 1.29 is 85.7 Å². The monoisotopic (exact) mass is 939 g/mol. The van der Waals surface area contributed by atoms with Crippen molar-refractivity contribution >= 4 is 42.1 Å². The van der Waals surface area contributed by atoms with Gasteiger partial charge in [0.15, 0.2) is 30.4 Å². The Morgan fingerprint density at radius 2 is 1.47 bits per heavy atom. The Balaban J connectivity index is 2.19. The lowest BCUT2D eigenvalue weighted by atomic mass is 9.82. The smallest absolute Gasteiger partial charge is 0.309 e. The van der Waals surface area contributed by atoms with E-state index in [1.54, 1.807) is 84.8 Å². The van der Waals surface area contributed by atoms with Gasteiger partial charge in [-0.05, 0) is 66.1 Å². The molecular weight excluding hydrogens is 867 g/mol. The van der Waals surface area contributed by atoms with Crippen LogP contribution in [0.5, 0.6) is 0 Å². The van der Waals surface area contributed by atoms with Crippen molar-refractivity contribution in [1.82, 2.24) is 4.90 Å². The number of hydrogen-bond acceptors (Lipinski definition) is 19. The largest absolute Gasteiger partial charge is 0.462 e. The lowest BCUT2D eigenvalue weighted by Crippen LogP contribution is -2.67. The number of allylic oxidation sites excluding steroid dienone is 2. The lowest BCUT2D eigenvalue weighted by molar-refractivity contribution is -0.345. The highest BCUT2D eigenvalue weighted by molar-refractivity contribution is 5.73. The first-order valence-corrected chi connectivity index (χ1v) is 22.8. The van der Waals surface area contributed by atoms with Crippen molar-refractivity contribution in [1.29, 1.82) is 0 Å². The molecule has 0 unspecified atom stereocenters. The average molecular weight is 940 g/mol. The maximum Gasteiger partial charge on any atom is 0.309 e. The standard InChI is InChI=1S/C47H73NO18/c1-14-36(53)62-35-24-38(55)57-27(4)19-17-16-18-20-34(60-30(7)50)26(3)23-33(21-22-49)42(43(35)56-13)65-46-44(61-31(8)51)40(48(11)12)41(28(5)59-46)64-39-25-47(10,66-32(9)52)45(29(6)58-39)63-37(54)15-2/h16-18,20,22,26-29,33-35,39-46H,14-15,19,21,23-25H2,1-13H3/b17-16+,20-18+/t26-,27-,28+,29+,33+,34+,35-,39-,40+,41-,42+,43+,44+,45+,46+,47-/m1/s1. The molecule has 0 bridgehead atoms. The topological polar surface area (TPSA) is 224 Å². The molecule has 0 radical (unpaired) electrons. The number of esters is 6. The van der Waals surface area contributed by atoms with E-state index in [-0.39, 0.29) is 32.1 Å². The minimum absolute atomic E-state index is 0.0440. The number of likely N-dealkylation sites (N-methyl/N-ethyl adjacent to an activating group) is 1. The van der Waals surface area contributed by atoms with Gasteiger partial charge in [-0.2, -0.15) is 0 Å². The molecule has 19 nitrogen and oxygen atoms in total. The summed E-state index contributed by atoms with van der Waals surface area (Å²) in [6, 6.07) is -0.829. The summed E-state index contributed by atoms with van der Waals surface area (Å²) in [5.74, 6) is -4.89. The molecule has 0 aromatic heterocycles. The molecule has 3 heterocycles. The van der Waals surface area contributed by atoms with Crippen molar-refractivity contribution in [3.8, 4) is 0 Å². The van der Waals surface area contributed by atoms with Crippen LogP contribution in [0.15, 0.2) is 24.3 Å². The summed E-state index contributed by atoms with van der Waals surface area (Å²) in [5, 5.41) is 0. The fraction of sp³-hybridized carbons (Fsp3) is 0.766. The van der Waals surface area contributed by atoms with Crippen molar-refractivity contribution in [2.45, 2.75) is 199 Å². The van der Waals surface area contributed by atoms with Crippen LogP contribution in [0.4, 0.5) is 0 Å². The fourth-order valence-electron chi connectivity index (χ4n) is 8.86. The van der Waals surface area contributed by atoms with Crippen molar-refractivity contribution in [2.75, 3.05) is 21.2 Å². The molecule has 0 aromatic carbocycles. The Morgan fingerprint density at radius 3 is 2.05 bits per heavy atom. The number of rotatable bonds is 15. The average Bonchev–Trinajstić information content (AvgIpc) is 3.21. The van der Waals surface area contributed by atoms with Crippen LogP contribution < -0.4 is 0 Å². The Kier molecular flexibility index (Phi) is 22.4. The van der Waals surface area contributed by atoms with Gasteiger partial charge in [0.05, 0.1) is 30.8 Å². The van der Waals surface area contributed by atoms with Crippen molar-refractivity contribution in [2.24, 2.45) is 11.8 Å². The molecule has 0 aliphatic carbocycles. The van der Waals surface area contributed by atoms with Crippen LogP contribution in [-0.4, -0.2) is 153 Å². The van der Waals surface area contributed by atoms with Crippen LogP contribution in [-0.2, 0) is 85.7 Å². The van der Waals surface area contributed by atoms with Gasteiger partial charge < -0.3 is 61.8 Å². The number of carbonyl (C=O) groups excluding carboxylic acids is 7. The minimum atomic E-state index is -1.41. The Hall–Kier alpha value is -4.27. The molecule has 0 aromatic rings. The molecule has 0 N–H and O–H groups in total. The molecule has 19 heteroatoms. The minimum Gasteiger partial charge on any atom is -0.462 e. The number of cyclic esters (lactones) is 1. The van der Waals surface area contributed by atoms with Gasteiger partial charge in [-0.3, -0.25) is 28.8 Å². The normalized spacial score (nSPS) is 36.8. The summed E-state index contributed by atoms with van der Waals surface area (Å²) in [6.45, 7) is 15.6. The molecule has 374 valence electrons. The number of nitrogens with zero attached hydrogens (tertiary/aromatic N) is 1. The Bertz CT molecular complexity index is 1700. The summed E-state index contributed by atoms with van der Waals surface area (Å²) < 4.78 is 67.5. The molecule has 0 saturated carbocycles. The van der Waals surface area contributed by atoms with Gasteiger partial charge in [-0.15, -0.1) is 0 Å². The molecule has 0 spiro atoms. The van der Waals surface area contributed by atoms with Crippen LogP contribution in [0.1, 0.15) is 114 Å². The Labute approximate surface area is 388 Å². The number of carbonyl (C=O) groups is 7. The molecule has 66 heavy (non-hydrogen) atoms. The highest BCUT2D eigenvalue weighted by Gasteiger charge is 2.55. The molecular formula is C47H73NO18. The third kappa shape index (κ3) is 16.2. The second-order valence-corrected chi connectivity index (χ2v) is 17.7. The van der Waals surface area contributed by atoms with E-state index >= 15 is 0 Å². The van der Waals surface area contributed by atoms with E-state index in [0.717, 1.165) is 0 Å². The van der Waals surface area contributed by atoms with Crippen molar-refractivity contribution in [3.63, 3.8) is 0 Å². The SMILES string of the molecule is CCC(=O)O[C@@H]1CC(=O)O[C@H](C)C/C=C/C=C/[C@H](OC(C)=O)[C@H](C)C[C@H](CC=O)[C@H](O[C@@H]2O[C@@H](C)[C@@H](O[C@@H]3C[C@@](C)(OC(C)=O)[C@@H](OC(=O)CC)[C@H](C)O3)[C@H](N(C)C)[C@@H]2OC(C)=O)[C@H]1OC. The number of aldehydes is 1. The first-order valence-electron chi connectivity index (χ1n) is 22.8. The van der Waals surface area contributed by atoms with Gasteiger partial charge in [0.2, 0.25) is 0 Å². The molecule has 0 amide bonds. The second-order valence-electron chi connectivity index (χ2n) is 17.7. The van der Waals surface area contributed by atoms with E-state index in [9.17, 15) is 33.6 Å². The van der Waals surface area contributed by atoms with Gasteiger partial charge in [0.25, 0.3) is 0 Å². The van der Waals surface area contributed by atoms with E-state index in [2.05, 4.69) is 0 Å². The maximum absolute atomic E-state index is 13.5. The Morgan fingerprint density at radius 1 is 0.818 bits per heavy atom. The zero-order chi connectivity index (χ0) is 49.5. The van der Waals surface area contributed by atoms with Gasteiger partial charge in [0, 0.05) is 60.0 Å². The first-order chi connectivity index (χ1) is 31.1. The molecule has 3 aliphatic heterocycles. The van der Waals surface area contributed by atoms with E-state index in [4.69, 9.17) is 52.1 Å². The van der Waals surface area contributed by atoms with Crippen LogP contribution in [0, 0.1) is 11.8 Å². The quantitative estimate of drug-likeness (QED) is 0.125. The van der Waals surface area contributed by atoms with Gasteiger partial charge >= 0.3 is 35.8 Å². The van der Waals surface area contributed by atoms with E-state index in [0.29, 0.717) is 12.7 Å². The third-order valence-corrected chi connectivity index (χ3v) is 11.8. The molecule has 3 rings (SSSR count). The summed E-state index contributed by atoms with van der Waals surface area (Å²) in [7, 11) is 4.83. The van der Waals surface area contributed by atoms with Gasteiger partial charge in [0.1, 0.15) is 36.8 Å². The lowest BCUT2D eigenvalue weighted by Gasteiger charge is -2.51. The summed E-state index contributed by atoms with van der Waals surface area (Å²) in [5.41, 5.74) is -1.36. The molecule has 16 atom stereocenters. The zero-order valence-corrected chi connectivity index (χ0v) is 40.8. The van der Waals surface area contributed by atoms with Crippen LogP contribution in [0.3, 0.4) is 0 Å². The van der Waals surface area contributed by atoms with E-state index in [1.165, 1.54) is 27.9 Å². The molecule has 3 aliphatic rings. The fourth-order valence-corrected chi connectivity index (χ4v) is 8.86. The van der Waals surface area contributed by atoms with Crippen molar-refractivity contribution in [3.05, 3.63) is 24.3 Å². The second kappa shape index (κ2) is 26.3.